The quantitative estimate of drug-likeness (QED) is 0.801. The Morgan fingerprint density at radius 2 is 1.89 bits per heavy atom. The fraction of sp³-hybridized carbons (Fsp3) is 0.500. The summed E-state index contributed by atoms with van der Waals surface area (Å²) in [5.74, 6) is -0.335. The van der Waals surface area contributed by atoms with Crippen LogP contribution in [0.3, 0.4) is 0 Å². The van der Waals surface area contributed by atoms with Gasteiger partial charge in [0, 0.05) is 19.2 Å². The summed E-state index contributed by atoms with van der Waals surface area (Å²) in [7, 11) is 5.78. The SMILES string of the molecule is Cc1cc(C(=O)N(C)CCCN(C)C)ccc1F. The summed E-state index contributed by atoms with van der Waals surface area (Å²) in [6.45, 7) is 3.31. The zero-order valence-corrected chi connectivity index (χ0v) is 11.5. The Kier molecular flexibility index (Phi) is 5.28. The molecule has 1 aromatic rings. The highest BCUT2D eigenvalue weighted by atomic mass is 19.1. The molecule has 1 aromatic carbocycles. The molecule has 0 bridgehead atoms. The van der Waals surface area contributed by atoms with Crippen molar-refractivity contribution in [2.24, 2.45) is 0 Å². The van der Waals surface area contributed by atoms with E-state index in [2.05, 4.69) is 4.90 Å². The molecule has 0 aromatic heterocycles. The number of rotatable bonds is 5. The highest BCUT2D eigenvalue weighted by molar-refractivity contribution is 5.94. The zero-order chi connectivity index (χ0) is 13.7. The van der Waals surface area contributed by atoms with Gasteiger partial charge < -0.3 is 9.80 Å². The molecule has 18 heavy (non-hydrogen) atoms. The Morgan fingerprint density at radius 1 is 1.22 bits per heavy atom. The second-order valence-electron chi connectivity index (χ2n) is 4.85. The number of amides is 1. The minimum Gasteiger partial charge on any atom is -0.342 e. The Hall–Kier alpha value is -1.42. The third kappa shape index (κ3) is 4.11. The Bertz CT molecular complexity index is 418. The first-order valence-electron chi connectivity index (χ1n) is 6.08. The van der Waals surface area contributed by atoms with Crippen LogP contribution in [-0.4, -0.2) is 49.9 Å². The molecule has 100 valence electrons. The third-order valence-corrected chi connectivity index (χ3v) is 2.85. The van der Waals surface area contributed by atoms with Crippen molar-refractivity contribution in [3.63, 3.8) is 0 Å². The van der Waals surface area contributed by atoms with Gasteiger partial charge in [0.05, 0.1) is 0 Å². The lowest BCUT2D eigenvalue weighted by Crippen LogP contribution is -2.29. The second kappa shape index (κ2) is 6.50. The molecule has 0 aliphatic carbocycles. The Balaban J connectivity index is 2.60. The summed E-state index contributed by atoms with van der Waals surface area (Å²) in [6.07, 6.45) is 0.926. The minimum absolute atomic E-state index is 0.0585. The van der Waals surface area contributed by atoms with Gasteiger partial charge in [0.1, 0.15) is 5.82 Å². The molecule has 0 spiro atoms. The molecule has 0 N–H and O–H groups in total. The fourth-order valence-corrected chi connectivity index (χ4v) is 1.72. The van der Waals surface area contributed by atoms with Crippen molar-refractivity contribution in [1.82, 2.24) is 9.80 Å². The van der Waals surface area contributed by atoms with Crippen LogP contribution >= 0.6 is 0 Å². The summed E-state index contributed by atoms with van der Waals surface area (Å²) in [5.41, 5.74) is 1.05. The molecular weight excluding hydrogens is 231 g/mol. The van der Waals surface area contributed by atoms with Crippen molar-refractivity contribution in [3.05, 3.63) is 35.1 Å². The van der Waals surface area contributed by atoms with Gasteiger partial charge in [0.15, 0.2) is 0 Å². The van der Waals surface area contributed by atoms with Crippen LogP contribution in [0.1, 0.15) is 22.3 Å². The van der Waals surface area contributed by atoms with Gasteiger partial charge in [-0.15, -0.1) is 0 Å². The summed E-state index contributed by atoms with van der Waals surface area (Å²) < 4.78 is 13.1. The van der Waals surface area contributed by atoms with E-state index in [4.69, 9.17) is 0 Å². The number of aryl methyl sites for hydroxylation is 1. The molecule has 4 heteroatoms. The molecule has 0 saturated carbocycles. The third-order valence-electron chi connectivity index (χ3n) is 2.85. The van der Waals surface area contributed by atoms with E-state index in [0.29, 0.717) is 17.7 Å². The van der Waals surface area contributed by atoms with Gasteiger partial charge in [-0.2, -0.15) is 0 Å². The number of carbonyl (C=O) groups is 1. The standard InChI is InChI=1S/C14H21FN2O/c1-11-10-12(6-7-13(11)15)14(18)17(4)9-5-8-16(2)3/h6-7,10H,5,8-9H2,1-4H3. The summed E-state index contributed by atoms with van der Waals surface area (Å²) >= 11 is 0. The molecule has 0 aliphatic heterocycles. The second-order valence-corrected chi connectivity index (χ2v) is 4.85. The number of benzene rings is 1. The molecule has 0 unspecified atom stereocenters. The lowest BCUT2D eigenvalue weighted by Gasteiger charge is -2.18. The molecule has 3 nitrogen and oxygen atoms in total. The van der Waals surface area contributed by atoms with Crippen LogP contribution in [0.5, 0.6) is 0 Å². The van der Waals surface area contributed by atoms with Crippen LogP contribution < -0.4 is 0 Å². The average Bonchev–Trinajstić information content (AvgIpc) is 2.31. The van der Waals surface area contributed by atoms with Crippen LogP contribution in [0, 0.1) is 12.7 Å². The maximum absolute atomic E-state index is 13.1. The molecule has 0 fully saturated rings. The first-order valence-corrected chi connectivity index (χ1v) is 6.08. The first-order chi connectivity index (χ1) is 8.41. The van der Waals surface area contributed by atoms with E-state index in [1.54, 1.807) is 24.9 Å². The van der Waals surface area contributed by atoms with Crippen molar-refractivity contribution in [1.29, 1.82) is 0 Å². The van der Waals surface area contributed by atoms with E-state index < -0.39 is 0 Å². The van der Waals surface area contributed by atoms with Gasteiger partial charge in [-0.25, -0.2) is 4.39 Å². The van der Waals surface area contributed by atoms with Crippen LogP contribution in [-0.2, 0) is 0 Å². The smallest absolute Gasteiger partial charge is 0.253 e. The van der Waals surface area contributed by atoms with Crippen LogP contribution in [0.4, 0.5) is 4.39 Å². The largest absolute Gasteiger partial charge is 0.342 e. The summed E-state index contributed by atoms with van der Waals surface area (Å²) in [6, 6.07) is 4.48. The number of halogens is 1. The fourth-order valence-electron chi connectivity index (χ4n) is 1.72. The van der Waals surface area contributed by atoms with Gasteiger partial charge in [0.2, 0.25) is 0 Å². The highest BCUT2D eigenvalue weighted by Crippen LogP contribution is 2.11. The van der Waals surface area contributed by atoms with Crippen molar-refractivity contribution in [2.45, 2.75) is 13.3 Å². The van der Waals surface area contributed by atoms with Gasteiger partial charge in [-0.1, -0.05) is 0 Å². The lowest BCUT2D eigenvalue weighted by molar-refractivity contribution is 0.0790. The Morgan fingerprint density at radius 3 is 2.44 bits per heavy atom. The number of carbonyl (C=O) groups excluding carboxylic acids is 1. The summed E-state index contributed by atoms with van der Waals surface area (Å²) in [4.78, 5) is 15.8. The molecule has 1 rings (SSSR count). The van der Waals surface area contributed by atoms with E-state index in [1.807, 2.05) is 14.1 Å². The zero-order valence-electron chi connectivity index (χ0n) is 11.5. The van der Waals surface area contributed by atoms with Crippen molar-refractivity contribution < 1.29 is 9.18 Å². The molecule has 0 aliphatic rings. The minimum atomic E-state index is -0.276. The molecule has 1 amide bonds. The van der Waals surface area contributed by atoms with E-state index >= 15 is 0 Å². The normalized spacial score (nSPS) is 10.8. The highest BCUT2D eigenvalue weighted by Gasteiger charge is 2.12. The summed E-state index contributed by atoms with van der Waals surface area (Å²) in [5, 5.41) is 0. The van der Waals surface area contributed by atoms with Crippen molar-refractivity contribution in [2.75, 3.05) is 34.2 Å². The van der Waals surface area contributed by atoms with Gasteiger partial charge in [-0.05, 0) is 57.7 Å². The monoisotopic (exact) mass is 252 g/mol. The van der Waals surface area contributed by atoms with Gasteiger partial charge in [-0.3, -0.25) is 4.79 Å². The van der Waals surface area contributed by atoms with Crippen LogP contribution in [0.15, 0.2) is 18.2 Å². The van der Waals surface area contributed by atoms with Crippen molar-refractivity contribution in [3.8, 4) is 0 Å². The molecular formula is C14H21FN2O. The van der Waals surface area contributed by atoms with Crippen LogP contribution in [0.25, 0.3) is 0 Å². The van der Waals surface area contributed by atoms with E-state index in [1.165, 1.54) is 12.1 Å². The first kappa shape index (κ1) is 14.6. The molecule has 0 saturated heterocycles. The maximum atomic E-state index is 13.1. The Labute approximate surface area is 108 Å². The number of hydrogen-bond acceptors (Lipinski definition) is 2. The van der Waals surface area contributed by atoms with Gasteiger partial charge in [0.25, 0.3) is 5.91 Å². The van der Waals surface area contributed by atoms with Crippen LogP contribution in [0.2, 0.25) is 0 Å². The average molecular weight is 252 g/mol. The predicted octanol–water partition coefficient (Wildman–Crippen LogP) is 2.16. The van der Waals surface area contributed by atoms with Crippen molar-refractivity contribution >= 4 is 5.91 Å². The van der Waals surface area contributed by atoms with E-state index in [-0.39, 0.29) is 11.7 Å². The van der Waals surface area contributed by atoms with E-state index in [9.17, 15) is 9.18 Å². The number of nitrogens with zero attached hydrogens (tertiary/aromatic N) is 2. The molecule has 0 heterocycles. The van der Waals surface area contributed by atoms with E-state index in [0.717, 1.165) is 13.0 Å². The lowest BCUT2D eigenvalue weighted by atomic mass is 10.1. The molecule has 0 atom stereocenters. The topological polar surface area (TPSA) is 23.6 Å². The number of hydrogen-bond donors (Lipinski definition) is 0. The maximum Gasteiger partial charge on any atom is 0.253 e. The predicted molar refractivity (Wildman–Crippen MR) is 71.3 cm³/mol. The van der Waals surface area contributed by atoms with Gasteiger partial charge >= 0.3 is 0 Å². The molecule has 0 radical (unpaired) electrons.